The van der Waals surface area contributed by atoms with Crippen LogP contribution in [0.1, 0.15) is 16.7 Å². The molecule has 0 bridgehead atoms. The molecule has 0 aromatic heterocycles. The van der Waals surface area contributed by atoms with Crippen LogP contribution < -0.4 is 5.73 Å². The zero-order valence-electron chi connectivity index (χ0n) is 11.6. The average molecular weight is 276 g/mol. The van der Waals surface area contributed by atoms with Gasteiger partial charge >= 0.3 is 0 Å². The Labute approximate surface area is 124 Å². The monoisotopic (exact) mass is 276 g/mol. The van der Waals surface area contributed by atoms with Gasteiger partial charge < -0.3 is 10.6 Å². The number of fused-ring (bicyclic) bond motifs is 1. The molecular weight excluding hydrogens is 260 g/mol. The molecule has 21 heavy (non-hydrogen) atoms. The molecule has 0 unspecified atom stereocenters. The first kappa shape index (κ1) is 13.2. The summed E-state index contributed by atoms with van der Waals surface area (Å²) in [6.07, 6.45) is 5.73. The van der Waals surface area contributed by atoms with Gasteiger partial charge in [0.1, 0.15) is 5.70 Å². The molecule has 3 heteroatoms. The van der Waals surface area contributed by atoms with E-state index in [1.54, 1.807) is 0 Å². The number of benzene rings is 2. The lowest BCUT2D eigenvalue weighted by molar-refractivity contribution is -0.115. The number of rotatable bonds is 3. The highest BCUT2D eigenvalue weighted by atomic mass is 16.1. The normalized spacial score (nSPS) is 13.9. The molecule has 0 atom stereocenters. The molecule has 1 heterocycles. The van der Waals surface area contributed by atoms with Gasteiger partial charge in [0.2, 0.25) is 0 Å². The predicted molar refractivity (Wildman–Crippen MR) is 84.6 cm³/mol. The molecular formula is C18H16N2O. The van der Waals surface area contributed by atoms with E-state index in [0.717, 1.165) is 5.56 Å². The summed E-state index contributed by atoms with van der Waals surface area (Å²) in [6.45, 7) is 0.647. The highest BCUT2D eigenvalue weighted by Crippen LogP contribution is 2.23. The Morgan fingerprint density at radius 2 is 1.76 bits per heavy atom. The van der Waals surface area contributed by atoms with Gasteiger partial charge in [-0.2, -0.15) is 0 Å². The number of hydrogen-bond donors (Lipinski definition) is 1. The van der Waals surface area contributed by atoms with Crippen LogP contribution in [0.25, 0.3) is 12.2 Å². The van der Waals surface area contributed by atoms with E-state index in [4.69, 9.17) is 5.73 Å². The molecule has 0 aliphatic carbocycles. The van der Waals surface area contributed by atoms with Crippen molar-refractivity contribution in [2.75, 3.05) is 0 Å². The van der Waals surface area contributed by atoms with Crippen LogP contribution in [-0.2, 0) is 11.3 Å². The van der Waals surface area contributed by atoms with Gasteiger partial charge in [0.05, 0.1) is 0 Å². The fourth-order valence-corrected chi connectivity index (χ4v) is 2.42. The molecule has 2 N–H and O–H groups in total. The first-order valence-corrected chi connectivity index (χ1v) is 6.83. The zero-order valence-corrected chi connectivity index (χ0v) is 11.6. The smallest absolute Gasteiger partial charge is 0.265 e. The number of amides is 1. The van der Waals surface area contributed by atoms with Crippen molar-refractivity contribution in [2.24, 2.45) is 5.73 Å². The van der Waals surface area contributed by atoms with E-state index in [9.17, 15) is 4.79 Å². The van der Waals surface area contributed by atoms with Crippen molar-refractivity contribution in [1.29, 1.82) is 0 Å². The predicted octanol–water partition coefficient (Wildman–Crippen LogP) is 3.00. The maximum atomic E-state index is 11.8. The largest absolute Gasteiger partial charge is 0.364 e. The van der Waals surface area contributed by atoms with Crippen LogP contribution in [0.2, 0.25) is 0 Å². The van der Waals surface area contributed by atoms with Crippen molar-refractivity contribution in [1.82, 2.24) is 4.90 Å². The van der Waals surface area contributed by atoms with E-state index in [2.05, 4.69) is 12.1 Å². The van der Waals surface area contributed by atoms with Crippen molar-refractivity contribution < 1.29 is 4.79 Å². The zero-order chi connectivity index (χ0) is 14.7. The Morgan fingerprint density at radius 3 is 2.52 bits per heavy atom. The third-order valence-corrected chi connectivity index (χ3v) is 3.49. The molecule has 0 saturated heterocycles. The maximum Gasteiger partial charge on any atom is 0.265 e. The van der Waals surface area contributed by atoms with Gasteiger partial charge in [-0.05, 0) is 28.8 Å². The van der Waals surface area contributed by atoms with Gasteiger partial charge in [-0.3, -0.25) is 4.79 Å². The van der Waals surface area contributed by atoms with Crippen molar-refractivity contribution in [3.63, 3.8) is 0 Å². The second-order valence-electron chi connectivity index (χ2n) is 4.95. The molecule has 1 amide bonds. The summed E-state index contributed by atoms with van der Waals surface area (Å²) in [7, 11) is 0. The second-order valence-corrected chi connectivity index (χ2v) is 4.95. The van der Waals surface area contributed by atoms with E-state index < -0.39 is 5.91 Å². The Balaban J connectivity index is 1.94. The van der Waals surface area contributed by atoms with Crippen LogP contribution in [0.5, 0.6) is 0 Å². The van der Waals surface area contributed by atoms with Crippen LogP contribution >= 0.6 is 0 Å². The topological polar surface area (TPSA) is 46.3 Å². The summed E-state index contributed by atoms with van der Waals surface area (Å²) in [6, 6.07) is 17.8. The molecule has 0 fully saturated rings. The molecule has 0 spiro atoms. The lowest BCUT2D eigenvalue weighted by Gasteiger charge is -2.26. The summed E-state index contributed by atoms with van der Waals surface area (Å²) >= 11 is 0. The highest BCUT2D eigenvalue weighted by Gasteiger charge is 2.17. The first-order valence-electron chi connectivity index (χ1n) is 6.83. The summed E-state index contributed by atoms with van der Waals surface area (Å²) < 4.78 is 0. The number of carbonyl (C=O) groups is 1. The number of primary amides is 1. The first-order chi connectivity index (χ1) is 10.2. The Morgan fingerprint density at radius 1 is 1.05 bits per heavy atom. The summed E-state index contributed by atoms with van der Waals surface area (Å²) in [5, 5.41) is 0. The molecule has 0 radical (unpaired) electrons. The third kappa shape index (κ3) is 2.87. The van der Waals surface area contributed by atoms with Gasteiger partial charge in [-0.25, -0.2) is 0 Å². The SMILES string of the molecule is NC(=O)C(=Cc1ccccc1)N1C=Cc2ccccc2C1. The molecule has 0 saturated carbocycles. The minimum Gasteiger partial charge on any atom is -0.364 e. The number of carbonyl (C=O) groups excluding carboxylic acids is 1. The standard InChI is InChI=1S/C18H16N2O/c19-18(21)17(12-14-6-2-1-3-7-14)20-11-10-15-8-4-5-9-16(15)13-20/h1-12H,13H2,(H2,19,21). The van der Waals surface area contributed by atoms with Gasteiger partial charge in [-0.15, -0.1) is 0 Å². The lowest BCUT2D eigenvalue weighted by atomic mass is 10.0. The average Bonchev–Trinajstić information content (AvgIpc) is 2.53. The molecule has 104 valence electrons. The van der Waals surface area contributed by atoms with E-state index in [1.165, 1.54) is 11.1 Å². The second kappa shape index (κ2) is 5.67. The van der Waals surface area contributed by atoms with Gasteiger partial charge in [0, 0.05) is 12.7 Å². The summed E-state index contributed by atoms with van der Waals surface area (Å²) in [4.78, 5) is 13.7. The fourth-order valence-electron chi connectivity index (χ4n) is 2.42. The van der Waals surface area contributed by atoms with Crippen molar-refractivity contribution >= 4 is 18.1 Å². The minimum atomic E-state index is -0.428. The highest BCUT2D eigenvalue weighted by molar-refractivity contribution is 5.96. The van der Waals surface area contributed by atoms with Crippen LogP contribution in [-0.4, -0.2) is 10.8 Å². The quantitative estimate of drug-likeness (QED) is 0.876. The number of nitrogens with zero attached hydrogens (tertiary/aromatic N) is 1. The maximum absolute atomic E-state index is 11.8. The van der Waals surface area contributed by atoms with Gasteiger partial charge in [-0.1, -0.05) is 54.6 Å². The Hall–Kier alpha value is -2.81. The van der Waals surface area contributed by atoms with Crippen LogP contribution in [0.3, 0.4) is 0 Å². The molecule has 1 aliphatic rings. The number of nitrogens with two attached hydrogens (primary N) is 1. The van der Waals surface area contributed by atoms with Gasteiger partial charge in [0.25, 0.3) is 5.91 Å². The molecule has 2 aromatic rings. The lowest BCUT2D eigenvalue weighted by Crippen LogP contribution is -2.28. The van der Waals surface area contributed by atoms with E-state index in [0.29, 0.717) is 12.2 Å². The number of hydrogen-bond acceptors (Lipinski definition) is 2. The minimum absolute atomic E-state index is 0.428. The van der Waals surface area contributed by atoms with Gasteiger partial charge in [0.15, 0.2) is 0 Å². The van der Waals surface area contributed by atoms with Crippen LogP contribution in [0.4, 0.5) is 0 Å². The fraction of sp³-hybridized carbons (Fsp3) is 0.0556. The molecule has 1 aliphatic heterocycles. The Kier molecular flexibility index (Phi) is 3.56. The molecule has 3 nitrogen and oxygen atoms in total. The van der Waals surface area contributed by atoms with E-state index in [1.807, 2.05) is 65.7 Å². The molecule has 2 aromatic carbocycles. The van der Waals surface area contributed by atoms with E-state index >= 15 is 0 Å². The summed E-state index contributed by atoms with van der Waals surface area (Å²) in [5.41, 5.74) is 9.36. The van der Waals surface area contributed by atoms with Crippen molar-refractivity contribution in [2.45, 2.75) is 6.54 Å². The Bertz CT molecular complexity index is 717. The van der Waals surface area contributed by atoms with Crippen molar-refractivity contribution in [3.05, 3.63) is 83.2 Å². The summed E-state index contributed by atoms with van der Waals surface area (Å²) in [5.74, 6) is -0.428. The van der Waals surface area contributed by atoms with Crippen LogP contribution in [0, 0.1) is 0 Å². The third-order valence-electron chi connectivity index (χ3n) is 3.49. The van der Waals surface area contributed by atoms with Crippen LogP contribution in [0.15, 0.2) is 66.5 Å². The van der Waals surface area contributed by atoms with Crippen molar-refractivity contribution in [3.8, 4) is 0 Å². The van der Waals surface area contributed by atoms with E-state index in [-0.39, 0.29) is 0 Å². The molecule has 3 rings (SSSR count).